The zero-order valence-corrected chi connectivity index (χ0v) is 15.7. The second kappa shape index (κ2) is 9.68. The summed E-state index contributed by atoms with van der Waals surface area (Å²) in [7, 11) is 1.58. The van der Waals surface area contributed by atoms with Crippen molar-refractivity contribution in [2.45, 2.75) is 19.9 Å². The SMILES string of the molecule is CC[NH+](CC(=O)Nc1ccc(OC)cc1)[C@@H](C)C(=O)Nc1ccc(F)cc1. The lowest BCUT2D eigenvalue weighted by Gasteiger charge is -2.23. The molecular weight excluding hydrogens is 349 g/mol. The summed E-state index contributed by atoms with van der Waals surface area (Å²) in [5, 5.41) is 5.57. The second-order valence-corrected chi connectivity index (χ2v) is 6.18. The van der Waals surface area contributed by atoms with Crippen LogP contribution in [0.25, 0.3) is 0 Å². The van der Waals surface area contributed by atoms with Gasteiger partial charge in [0, 0.05) is 11.4 Å². The van der Waals surface area contributed by atoms with Crippen LogP contribution in [0.5, 0.6) is 5.75 Å². The second-order valence-electron chi connectivity index (χ2n) is 6.18. The van der Waals surface area contributed by atoms with Gasteiger partial charge in [-0.3, -0.25) is 9.59 Å². The fourth-order valence-electron chi connectivity index (χ4n) is 2.64. The van der Waals surface area contributed by atoms with Gasteiger partial charge in [0.05, 0.1) is 13.7 Å². The van der Waals surface area contributed by atoms with Gasteiger partial charge in [-0.15, -0.1) is 0 Å². The molecule has 1 unspecified atom stereocenters. The minimum atomic E-state index is -0.443. The standard InChI is InChI=1S/C20H24FN3O3/c1-4-24(13-19(25)22-16-9-11-18(27-3)12-10-16)14(2)20(26)23-17-7-5-15(21)6-8-17/h5-12,14H,4,13H2,1-3H3,(H,22,25)(H,23,26)/p+1/t14-/m0/s1. The number of methoxy groups -OCH3 is 1. The van der Waals surface area contributed by atoms with Crippen molar-refractivity contribution in [2.24, 2.45) is 0 Å². The molecule has 27 heavy (non-hydrogen) atoms. The molecule has 144 valence electrons. The van der Waals surface area contributed by atoms with E-state index < -0.39 is 6.04 Å². The van der Waals surface area contributed by atoms with Crippen molar-refractivity contribution < 1.29 is 23.6 Å². The molecule has 0 aliphatic rings. The lowest BCUT2D eigenvalue weighted by Crippen LogP contribution is -3.17. The Hall–Kier alpha value is -2.93. The number of carbonyl (C=O) groups is 2. The number of rotatable bonds is 8. The number of carbonyl (C=O) groups excluding carboxylic acids is 2. The van der Waals surface area contributed by atoms with Crippen LogP contribution in [-0.2, 0) is 9.59 Å². The van der Waals surface area contributed by atoms with Gasteiger partial charge in [0.1, 0.15) is 11.6 Å². The summed E-state index contributed by atoms with van der Waals surface area (Å²) in [4.78, 5) is 25.6. The van der Waals surface area contributed by atoms with Crippen molar-refractivity contribution in [3.8, 4) is 5.75 Å². The van der Waals surface area contributed by atoms with Crippen molar-refractivity contribution in [2.75, 3.05) is 30.8 Å². The molecule has 2 aromatic rings. The van der Waals surface area contributed by atoms with Crippen LogP contribution >= 0.6 is 0 Å². The zero-order valence-electron chi connectivity index (χ0n) is 15.7. The Morgan fingerprint density at radius 1 is 1.04 bits per heavy atom. The van der Waals surface area contributed by atoms with Gasteiger partial charge in [-0.1, -0.05) is 0 Å². The fraction of sp³-hybridized carbons (Fsp3) is 0.300. The number of amides is 2. The molecule has 3 N–H and O–H groups in total. The van der Waals surface area contributed by atoms with Crippen LogP contribution in [0.2, 0.25) is 0 Å². The zero-order chi connectivity index (χ0) is 19.8. The Morgan fingerprint density at radius 2 is 1.59 bits per heavy atom. The molecule has 2 aromatic carbocycles. The van der Waals surface area contributed by atoms with Gasteiger partial charge in [0.2, 0.25) is 0 Å². The first-order valence-electron chi connectivity index (χ1n) is 8.77. The van der Waals surface area contributed by atoms with Gasteiger partial charge in [0.25, 0.3) is 11.8 Å². The topological polar surface area (TPSA) is 71.9 Å². The maximum Gasteiger partial charge on any atom is 0.282 e. The fourth-order valence-corrected chi connectivity index (χ4v) is 2.64. The highest BCUT2D eigenvalue weighted by atomic mass is 19.1. The van der Waals surface area contributed by atoms with Crippen LogP contribution in [-0.4, -0.2) is 38.1 Å². The molecule has 2 atom stereocenters. The number of benzene rings is 2. The molecule has 7 heteroatoms. The van der Waals surface area contributed by atoms with E-state index in [0.29, 0.717) is 23.7 Å². The van der Waals surface area contributed by atoms with E-state index in [1.807, 2.05) is 6.92 Å². The first kappa shape index (κ1) is 20.4. The van der Waals surface area contributed by atoms with E-state index in [1.54, 1.807) is 38.3 Å². The smallest absolute Gasteiger partial charge is 0.282 e. The van der Waals surface area contributed by atoms with Crippen LogP contribution in [0.15, 0.2) is 48.5 Å². The molecule has 0 aromatic heterocycles. The monoisotopic (exact) mass is 374 g/mol. The molecule has 6 nitrogen and oxygen atoms in total. The minimum absolute atomic E-state index is 0.153. The number of hydrogen-bond acceptors (Lipinski definition) is 3. The maximum absolute atomic E-state index is 13.0. The number of anilines is 2. The van der Waals surface area contributed by atoms with Gasteiger partial charge in [-0.05, 0) is 62.4 Å². The Balaban J connectivity index is 1.92. The van der Waals surface area contributed by atoms with Gasteiger partial charge in [-0.25, -0.2) is 4.39 Å². The molecule has 2 amide bonds. The van der Waals surface area contributed by atoms with Crippen LogP contribution < -0.4 is 20.3 Å². The summed E-state index contributed by atoms with van der Waals surface area (Å²) in [6.45, 7) is 4.44. The molecule has 0 saturated carbocycles. The lowest BCUT2D eigenvalue weighted by molar-refractivity contribution is -0.904. The van der Waals surface area contributed by atoms with Crippen molar-refractivity contribution in [3.63, 3.8) is 0 Å². The summed E-state index contributed by atoms with van der Waals surface area (Å²) in [5.74, 6) is -0.0638. The van der Waals surface area contributed by atoms with E-state index in [9.17, 15) is 14.0 Å². The first-order chi connectivity index (χ1) is 12.9. The number of likely N-dealkylation sites (N-methyl/N-ethyl adjacent to an activating group) is 1. The van der Waals surface area contributed by atoms with Crippen molar-refractivity contribution in [1.82, 2.24) is 0 Å². The van der Waals surface area contributed by atoms with E-state index in [2.05, 4.69) is 10.6 Å². The number of halogens is 1. The third kappa shape index (κ3) is 6.07. The van der Waals surface area contributed by atoms with E-state index in [1.165, 1.54) is 24.3 Å². The minimum Gasteiger partial charge on any atom is -0.497 e. The summed E-state index contributed by atoms with van der Waals surface area (Å²) in [6, 6.07) is 12.2. The average Bonchev–Trinajstić information content (AvgIpc) is 2.68. The molecule has 0 aliphatic carbocycles. The van der Waals surface area contributed by atoms with Crippen molar-refractivity contribution >= 4 is 23.2 Å². The van der Waals surface area contributed by atoms with E-state index in [0.717, 1.165) is 4.90 Å². The molecule has 0 saturated heterocycles. The highest BCUT2D eigenvalue weighted by Gasteiger charge is 2.26. The molecule has 2 rings (SSSR count). The third-order valence-electron chi connectivity index (χ3n) is 4.33. The highest BCUT2D eigenvalue weighted by Crippen LogP contribution is 2.14. The summed E-state index contributed by atoms with van der Waals surface area (Å²) >= 11 is 0. The molecule has 0 fully saturated rings. The van der Waals surface area contributed by atoms with Crippen LogP contribution in [0, 0.1) is 5.82 Å². The van der Waals surface area contributed by atoms with Gasteiger partial charge >= 0.3 is 0 Å². The number of nitrogens with one attached hydrogen (secondary N) is 3. The number of ether oxygens (including phenoxy) is 1. The Labute approximate surface area is 158 Å². The quantitative estimate of drug-likeness (QED) is 0.659. The largest absolute Gasteiger partial charge is 0.497 e. The molecule has 0 aliphatic heterocycles. The predicted octanol–water partition coefficient (Wildman–Crippen LogP) is 1.70. The predicted molar refractivity (Wildman–Crippen MR) is 102 cm³/mol. The van der Waals surface area contributed by atoms with Gasteiger partial charge < -0.3 is 20.3 Å². The van der Waals surface area contributed by atoms with Crippen molar-refractivity contribution in [3.05, 3.63) is 54.3 Å². The number of quaternary nitrogens is 1. The lowest BCUT2D eigenvalue weighted by atomic mass is 10.2. The highest BCUT2D eigenvalue weighted by molar-refractivity contribution is 5.94. The van der Waals surface area contributed by atoms with Crippen LogP contribution in [0.4, 0.5) is 15.8 Å². The maximum atomic E-state index is 13.0. The molecule has 0 heterocycles. The van der Waals surface area contributed by atoms with Crippen molar-refractivity contribution in [1.29, 1.82) is 0 Å². The summed E-state index contributed by atoms with van der Waals surface area (Å²) in [5.41, 5.74) is 1.19. The van der Waals surface area contributed by atoms with E-state index >= 15 is 0 Å². The van der Waals surface area contributed by atoms with Crippen LogP contribution in [0.1, 0.15) is 13.8 Å². The molecule has 0 bridgehead atoms. The molecule has 0 radical (unpaired) electrons. The van der Waals surface area contributed by atoms with Gasteiger partial charge in [-0.2, -0.15) is 0 Å². The summed E-state index contributed by atoms with van der Waals surface area (Å²) in [6.07, 6.45) is 0. The van der Waals surface area contributed by atoms with E-state index in [4.69, 9.17) is 4.74 Å². The molecular formula is C20H25FN3O3+. The first-order valence-corrected chi connectivity index (χ1v) is 8.77. The summed E-state index contributed by atoms with van der Waals surface area (Å²) < 4.78 is 18.0. The Bertz CT molecular complexity index is 763. The van der Waals surface area contributed by atoms with E-state index in [-0.39, 0.29) is 24.2 Å². The van der Waals surface area contributed by atoms with Gasteiger partial charge in [0.15, 0.2) is 12.6 Å². The van der Waals surface area contributed by atoms with Crippen LogP contribution in [0.3, 0.4) is 0 Å². The average molecular weight is 374 g/mol. The third-order valence-corrected chi connectivity index (χ3v) is 4.33. The number of hydrogen-bond donors (Lipinski definition) is 3. The Morgan fingerprint density at radius 3 is 2.15 bits per heavy atom. The normalized spacial score (nSPS) is 12.7. The molecule has 0 spiro atoms. The Kier molecular flexibility index (Phi) is 7.31.